The van der Waals surface area contributed by atoms with Gasteiger partial charge in [-0.15, -0.1) is 0 Å². The molecule has 1 saturated carbocycles. The monoisotopic (exact) mass is 350 g/mol. The van der Waals surface area contributed by atoms with E-state index in [1.54, 1.807) is 4.90 Å². The van der Waals surface area contributed by atoms with Crippen LogP contribution in [0.5, 0.6) is 0 Å². The number of amides is 1. The molecule has 0 saturated heterocycles. The summed E-state index contributed by atoms with van der Waals surface area (Å²) in [5.41, 5.74) is 0.653. The van der Waals surface area contributed by atoms with Crippen LogP contribution in [0.4, 0.5) is 13.2 Å². The molecule has 1 fully saturated rings. The van der Waals surface area contributed by atoms with E-state index >= 15 is 0 Å². The zero-order chi connectivity index (χ0) is 18.2. The second kappa shape index (κ2) is 6.38. The standard InChI is InChI=1S/C18H17F3N2O2/c1-11(24)13-8-16(22-9-13)17(25)23(15-6-7-15)10-12-2-4-14(5-3-12)18(19,20)21/h2-5,8-9,15,22H,6-7,10H2,1H3. The van der Waals surface area contributed by atoms with E-state index in [0.29, 0.717) is 16.8 Å². The Balaban J connectivity index is 1.77. The van der Waals surface area contributed by atoms with Crippen molar-refractivity contribution in [1.82, 2.24) is 9.88 Å². The van der Waals surface area contributed by atoms with Crippen LogP contribution in [0.2, 0.25) is 0 Å². The van der Waals surface area contributed by atoms with Gasteiger partial charge in [-0.1, -0.05) is 12.1 Å². The van der Waals surface area contributed by atoms with Crippen LogP contribution >= 0.6 is 0 Å². The van der Waals surface area contributed by atoms with Crippen LogP contribution < -0.4 is 0 Å². The SMILES string of the molecule is CC(=O)c1c[nH]c(C(=O)N(Cc2ccc(C(F)(F)F)cc2)C2CC2)c1. The van der Waals surface area contributed by atoms with E-state index in [9.17, 15) is 22.8 Å². The highest BCUT2D eigenvalue weighted by Gasteiger charge is 2.34. The Morgan fingerprint density at radius 2 is 1.84 bits per heavy atom. The number of H-pyrrole nitrogens is 1. The van der Waals surface area contributed by atoms with Crippen molar-refractivity contribution in [3.63, 3.8) is 0 Å². The molecule has 1 heterocycles. The molecular weight excluding hydrogens is 333 g/mol. The number of rotatable bonds is 5. The van der Waals surface area contributed by atoms with Crippen LogP contribution in [0.1, 0.15) is 51.7 Å². The lowest BCUT2D eigenvalue weighted by atomic mass is 10.1. The summed E-state index contributed by atoms with van der Waals surface area (Å²) >= 11 is 0. The zero-order valence-corrected chi connectivity index (χ0v) is 13.6. The fourth-order valence-corrected chi connectivity index (χ4v) is 2.62. The van der Waals surface area contributed by atoms with Gasteiger partial charge in [0.05, 0.1) is 5.56 Å². The molecule has 1 amide bonds. The van der Waals surface area contributed by atoms with Crippen LogP contribution in [0, 0.1) is 0 Å². The molecule has 0 spiro atoms. The number of Topliss-reactive ketones (excluding diaryl/α,β-unsaturated/α-hetero) is 1. The molecule has 1 aliphatic carbocycles. The maximum Gasteiger partial charge on any atom is 0.416 e. The highest BCUT2D eigenvalue weighted by atomic mass is 19.4. The minimum absolute atomic E-state index is 0.0823. The largest absolute Gasteiger partial charge is 0.416 e. The maximum atomic E-state index is 12.7. The normalized spacial score (nSPS) is 14.4. The third-order valence-corrected chi connectivity index (χ3v) is 4.20. The van der Waals surface area contributed by atoms with Gasteiger partial charge in [-0.3, -0.25) is 9.59 Å². The molecule has 1 N–H and O–H groups in total. The average molecular weight is 350 g/mol. The number of carbonyl (C=O) groups is 2. The van der Waals surface area contributed by atoms with E-state index in [1.165, 1.54) is 31.3 Å². The number of benzene rings is 1. The minimum Gasteiger partial charge on any atom is -0.356 e. The first kappa shape index (κ1) is 17.3. The summed E-state index contributed by atoms with van der Waals surface area (Å²) in [6.45, 7) is 1.65. The van der Waals surface area contributed by atoms with Crippen LogP contribution in [-0.2, 0) is 12.7 Å². The van der Waals surface area contributed by atoms with Crippen molar-refractivity contribution in [2.45, 2.75) is 38.5 Å². The molecule has 0 bridgehead atoms. The molecule has 3 rings (SSSR count). The Morgan fingerprint density at radius 3 is 2.32 bits per heavy atom. The summed E-state index contributed by atoms with van der Waals surface area (Å²) in [5, 5.41) is 0. The number of carbonyl (C=O) groups excluding carboxylic acids is 2. The molecule has 7 heteroatoms. The van der Waals surface area contributed by atoms with Gasteiger partial charge in [0.25, 0.3) is 5.91 Å². The summed E-state index contributed by atoms with van der Waals surface area (Å²) in [7, 11) is 0. The number of ketones is 1. The van der Waals surface area contributed by atoms with Gasteiger partial charge in [0.1, 0.15) is 5.69 Å². The fraction of sp³-hybridized carbons (Fsp3) is 0.333. The van der Waals surface area contributed by atoms with E-state index in [4.69, 9.17) is 0 Å². The number of aromatic nitrogens is 1. The second-order valence-electron chi connectivity index (χ2n) is 6.22. The van der Waals surface area contributed by atoms with Crippen LogP contribution in [0.15, 0.2) is 36.5 Å². The van der Waals surface area contributed by atoms with Crippen molar-refractivity contribution in [3.8, 4) is 0 Å². The molecule has 0 radical (unpaired) electrons. The number of halogens is 3. The third-order valence-electron chi connectivity index (χ3n) is 4.20. The molecule has 1 aromatic carbocycles. The first-order valence-corrected chi connectivity index (χ1v) is 7.92. The summed E-state index contributed by atoms with van der Waals surface area (Å²) in [6.07, 6.45) is -1.16. The number of aromatic amines is 1. The molecule has 1 aliphatic rings. The summed E-state index contributed by atoms with van der Waals surface area (Å²) in [5.74, 6) is -0.397. The Kier molecular flexibility index (Phi) is 4.41. The van der Waals surface area contributed by atoms with Gasteiger partial charge in [0, 0.05) is 24.3 Å². The molecule has 1 aromatic heterocycles. The lowest BCUT2D eigenvalue weighted by Crippen LogP contribution is -2.32. The Labute approximate surface area is 142 Å². The topological polar surface area (TPSA) is 53.2 Å². The lowest BCUT2D eigenvalue weighted by molar-refractivity contribution is -0.137. The van der Waals surface area contributed by atoms with Gasteiger partial charge in [-0.05, 0) is 43.5 Å². The van der Waals surface area contributed by atoms with Crippen molar-refractivity contribution in [1.29, 1.82) is 0 Å². The summed E-state index contributed by atoms with van der Waals surface area (Å²) in [6, 6.07) is 6.41. The molecule has 0 unspecified atom stereocenters. The molecule has 0 aliphatic heterocycles. The Morgan fingerprint density at radius 1 is 1.20 bits per heavy atom. The smallest absolute Gasteiger partial charge is 0.356 e. The van der Waals surface area contributed by atoms with Gasteiger partial charge in [0.2, 0.25) is 0 Å². The lowest BCUT2D eigenvalue weighted by Gasteiger charge is -2.22. The molecule has 0 atom stereocenters. The van der Waals surface area contributed by atoms with Crippen molar-refractivity contribution in [3.05, 3.63) is 58.9 Å². The first-order chi connectivity index (χ1) is 11.8. The predicted molar refractivity (Wildman–Crippen MR) is 85.1 cm³/mol. The number of nitrogens with zero attached hydrogens (tertiary/aromatic N) is 1. The van der Waals surface area contributed by atoms with E-state index in [0.717, 1.165) is 25.0 Å². The maximum absolute atomic E-state index is 12.7. The quantitative estimate of drug-likeness (QED) is 0.828. The van der Waals surface area contributed by atoms with E-state index in [-0.39, 0.29) is 24.3 Å². The second-order valence-corrected chi connectivity index (χ2v) is 6.22. The van der Waals surface area contributed by atoms with Gasteiger partial charge in [-0.25, -0.2) is 0 Å². The number of hydrogen-bond donors (Lipinski definition) is 1. The average Bonchev–Trinajstić information content (AvgIpc) is 3.26. The van der Waals surface area contributed by atoms with Crippen molar-refractivity contribution < 1.29 is 22.8 Å². The molecule has 25 heavy (non-hydrogen) atoms. The molecular formula is C18H17F3N2O2. The van der Waals surface area contributed by atoms with Crippen molar-refractivity contribution in [2.24, 2.45) is 0 Å². The molecule has 4 nitrogen and oxygen atoms in total. The molecule has 2 aromatic rings. The predicted octanol–water partition coefficient (Wildman–Crippen LogP) is 4.04. The third kappa shape index (κ3) is 3.92. The van der Waals surface area contributed by atoms with Crippen LogP contribution in [0.3, 0.4) is 0 Å². The summed E-state index contributed by atoms with van der Waals surface area (Å²) < 4.78 is 37.9. The van der Waals surface area contributed by atoms with Crippen LogP contribution in [-0.4, -0.2) is 27.6 Å². The minimum atomic E-state index is -4.38. The van der Waals surface area contributed by atoms with E-state index in [2.05, 4.69) is 4.98 Å². The number of hydrogen-bond acceptors (Lipinski definition) is 2. The molecule has 132 valence electrons. The van der Waals surface area contributed by atoms with Crippen molar-refractivity contribution >= 4 is 11.7 Å². The van der Waals surface area contributed by atoms with Gasteiger partial charge in [0.15, 0.2) is 5.78 Å². The number of alkyl halides is 3. The highest BCUT2D eigenvalue weighted by molar-refractivity contribution is 5.99. The highest BCUT2D eigenvalue weighted by Crippen LogP contribution is 2.32. The Hall–Kier alpha value is -2.57. The first-order valence-electron chi connectivity index (χ1n) is 7.92. The summed E-state index contributed by atoms with van der Waals surface area (Å²) in [4.78, 5) is 28.5. The Bertz CT molecular complexity index is 789. The van der Waals surface area contributed by atoms with Crippen LogP contribution in [0.25, 0.3) is 0 Å². The zero-order valence-electron chi connectivity index (χ0n) is 13.6. The van der Waals surface area contributed by atoms with E-state index in [1.807, 2.05) is 0 Å². The van der Waals surface area contributed by atoms with Gasteiger partial charge in [-0.2, -0.15) is 13.2 Å². The fourth-order valence-electron chi connectivity index (χ4n) is 2.62. The van der Waals surface area contributed by atoms with Crippen molar-refractivity contribution in [2.75, 3.05) is 0 Å². The van der Waals surface area contributed by atoms with E-state index < -0.39 is 11.7 Å². The van der Waals surface area contributed by atoms with Gasteiger partial charge < -0.3 is 9.88 Å². The van der Waals surface area contributed by atoms with Gasteiger partial charge >= 0.3 is 6.18 Å². The number of nitrogens with one attached hydrogen (secondary N) is 1.